The summed E-state index contributed by atoms with van der Waals surface area (Å²) in [5.74, 6) is 0.0220. The van der Waals surface area contributed by atoms with E-state index in [-0.39, 0.29) is 18.6 Å². The predicted octanol–water partition coefficient (Wildman–Crippen LogP) is 0.472. The Hall–Kier alpha value is -0.900. The number of nitrogens with zero attached hydrogens (tertiary/aromatic N) is 1. The van der Waals surface area contributed by atoms with E-state index in [2.05, 4.69) is 17.0 Å². The average Bonchev–Trinajstić information content (AvgIpc) is 2.60. The molecule has 3 nitrogen and oxygen atoms in total. The maximum atomic E-state index is 9.64. The van der Waals surface area contributed by atoms with E-state index >= 15 is 0 Å². The van der Waals surface area contributed by atoms with E-state index in [0.717, 1.165) is 13.1 Å². The first-order valence-corrected chi connectivity index (χ1v) is 5.35. The Kier molecular flexibility index (Phi) is 3.36. The first-order chi connectivity index (χ1) is 7.29. The van der Waals surface area contributed by atoms with Crippen LogP contribution in [0.5, 0.6) is 0 Å². The van der Waals surface area contributed by atoms with E-state index < -0.39 is 0 Å². The molecule has 1 fully saturated rings. The summed E-state index contributed by atoms with van der Waals surface area (Å²) in [6, 6.07) is 10.2. The van der Waals surface area contributed by atoms with Gasteiger partial charge >= 0.3 is 0 Å². The summed E-state index contributed by atoms with van der Waals surface area (Å²) in [6.07, 6.45) is -0.376. The monoisotopic (exact) mass is 207 g/mol. The predicted molar refractivity (Wildman–Crippen MR) is 58.3 cm³/mol. The van der Waals surface area contributed by atoms with E-state index in [1.165, 1.54) is 5.56 Å². The Balaban J connectivity index is 1.92. The fraction of sp³-hybridized carbons (Fsp3) is 0.500. The molecular formula is C12H17NO2. The molecule has 2 N–H and O–H groups in total. The van der Waals surface area contributed by atoms with Gasteiger partial charge in [-0.25, -0.2) is 0 Å². The van der Waals surface area contributed by atoms with Gasteiger partial charge in [0.2, 0.25) is 0 Å². The lowest BCUT2D eigenvalue weighted by Crippen LogP contribution is -2.21. The van der Waals surface area contributed by atoms with Gasteiger partial charge in [0.25, 0.3) is 0 Å². The fourth-order valence-electron chi connectivity index (χ4n) is 2.09. The molecule has 0 bridgehead atoms. The molecule has 2 atom stereocenters. The van der Waals surface area contributed by atoms with Crippen LogP contribution < -0.4 is 0 Å². The van der Waals surface area contributed by atoms with Crippen LogP contribution >= 0.6 is 0 Å². The molecule has 1 aromatic carbocycles. The Bertz CT molecular complexity index is 302. The summed E-state index contributed by atoms with van der Waals surface area (Å²) in [5.41, 5.74) is 1.25. The van der Waals surface area contributed by atoms with Crippen molar-refractivity contribution in [3.63, 3.8) is 0 Å². The van der Waals surface area contributed by atoms with Crippen LogP contribution in [0.2, 0.25) is 0 Å². The van der Waals surface area contributed by atoms with Crippen LogP contribution in [0.4, 0.5) is 0 Å². The molecule has 1 aliphatic heterocycles. The number of hydrogen-bond donors (Lipinski definition) is 2. The molecule has 1 aromatic rings. The molecule has 1 aliphatic rings. The first kappa shape index (κ1) is 10.6. The third-order valence-electron chi connectivity index (χ3n) is 2.97. The molecule has 15 heavy (non-hydrogen) atoms. The molecular weight excluding hydrogens is 190 g/mol. The minimum Gasteiger partial charge on any atom is -0.396 e. The number of hydrogen-bond acceptors (Lipinski definition) is 3. The van der Waals surface area contributed by atoms with Crippen molar-refractivity contribution < 1.29 is 10.2 Å². The minimum atomic E-state index is -0.376. The van der Waals surface area contributed by atoms with Crippen LogP contribution in [-0.2, 0) is 6.54 Å². The summed E-state index contributed by atoms with van der Waals surface area (Å²) in [5, 5.41) is 18.7. The lowest BCUT2D eigenvalue weighted by Gasteiger charge is -2.14. The molecule has 0 radical (unpaired) electrons. The summed E-state index contributed by atoms with van der Waals surface area (Å²) < 4.78 is 0. The van der Waals surface area contributed by atoms with Crippen LogP contribution in [0.15, 0.2) is 30.3 Å². The first-order valence-electron chi connectivity index (χ1n) is 5.35. The largest absolute Gasteiger partial charge is 0.396 e. The Morgan fingerprint density at radius 2 is 1.93 bits per heavy atom. The van der Waals surface area contributed by atoms with Gasteiger partial charge < -0.3 is 10.2 Å². The third-order valence-corrected chi connectivity index (χ3v) is 2.97. The standard InChI is InChI=1S/C12H17NO2/c14-9-11-7-13(8-12(11)15)6-10-4-2-1-3-5-10/h1-5,11-12,14-15H,6-9H2/t11-,12+/m0/s1. The second-order valence-electron chi connectivity index (χ2n) is 4.19. The van der Waals surface area contributed by atoms with Gasteiger partial charge in [-0.05, 0) is 5.56 Å². The van der Waals surface area contributed by atoms with Gasteiger partial charge in [0, 0.05) is 32.2 Å². The Labute approximate surface area is 90.0 Å². The number of aliphatic hydroxyl groups excluding tert-OH is 2. The number of β-amino-alcohol motifs (C(OH)–C–C–N with tert-alkyl or cyclic N) is 1. The Morgan fingerprint density at radius 1 is 1.20 bits per heavy atom. The third kappa shape index (κ3) is 2.56. The van der Waals surface area contributed by atoms with E-state index in [1.807, 2.05) is 18.2 Å². The second-order valence-corrected chi connectivity index (χ2v) is 4.19. The molecule has 3 heteroatoms. The zero-order chi connectivity index (χ0) is 10.7. The van der Waals surface area contributed by atoms with Crippen LogP contribution in [0.3, 0.4) is 0 Å². The summed E-state index contributed by atoms with van der Waals surface area (Å²) in [4.78, 5) is 2.18. The molecule has 0 saturated carbocycles. The van der Waals surface area contributed by atoms with Crippen molar-refractivity contribution in [1.29, 1.82) is 0 Å². The van der Waals surface area contributed by atoms with Gasteiger partial charge in [-0.3, -0.25) is 4.90 Å². The van der Waals surface area contributed by atoms with Crippen molar-refractivity contribution in [3.8, 4) is 0 Å². The Morgan fingerprint density at radius 3 is 2.53 bits per heavy atom. The number of rotatable bonds is 3. The van der Waals surface area contributed by atoms with Gasteiger partial charge in [0.1, 0.15) is 0 Å². The normalized spacial score (nSPS) is 27.1. The van der Waals surface area contributed by atoms with E-state index in [0.29, 0.717) is 6.54 Å². The van der Waals surface area contributed by atoms with Crippen molar-refractivity contribution in [3.05, 3.63) is 35.9 Å². The zero-order valence-corrected chi connectivity index (χ0v) is 8.71. The van der Waals surface area contributed by atoms with E-state index in [4.69, 9.17) is 5.11 Å². The topological polar surface area (TPSA) is 43.7 Å². The van der Waals surface area contributed by atoms with Gasteiger partial charge in [-0.1, -0.05) is 30.3 Å². The minimum absolute atomic E-state index is 0.0220. The van der Waals surface area contributed by atoms with Crippen LogP contribution in [0, 0.1) is 5.92 Å². The van der Waals surface area contributed by atoms with Crippen LogP contribution in [-0.4, -0.2) is 40.9 Å². The molecule has 0 aromatic heterocycles. The van der Waals surface area contributed by atoms with Crippen molar-refractivity contribution in [2.45, 2.75) is 12.6 Å². The highest BCUT2D eigenvalue weighted by molar-refractivity contribution is 5.14. The van der Waals surface area contributed by atoms with Crippen molar-refractivity contribution in [2.75, 3.05) is 19.7 Å². The summed E-state index contributed by atoms with van der Waals surface area (Å²) in [7, 11) is 0. The maximum absolute atomic E-state index is 9.64. The number of benzene rings is 1. The van der Waals surface area contributed by atoms with Gasteiger partial charge in [0.15, 0.2) is 0 Å². The highest BCUT2D eigenvalue weighted by atomic mass is 16.3. The molecule has 2 rings (SSSR count). The van der Waals surface area contributed by atoms with Crippen molar-refractivity contribution in [1.82, 2.24) is 4.90 Å². The molecule has 0 spiro atoms. The SMILES string of the molecule is OC[C@@H]1CN(Cc2ccccc2)C[C@H]1O. The molecule has 0 amide bonds. The van der Waals surface area contributed by atoms with E-state index in [1.54, 1.807) is 0 Å². The highest BCUT2D eigenvalue weighted by Gasteiger charge is 2.30. The molecule has 82 valence electrons. The highest BCUT2D eigenvalue weighted by Crippen LogP contribution is 2.18. The van der Waals surface area contributed by atoms with Gasteiger partial charge in [-0.15, -0.1) is 0 Å². The average molecular weight is 207 g/mol. The van der Waals surface area contributed by atoms with Crippen LogP contribution in [0.25, 0.3) is 0 Å². The van der Waals surface area contributed by atoms with Crippen molar-refractivity contribution >= 4 is 0 Å². The molecule has 0 aliphatic carbocycles. The smallest absolute Gasteiger partial charge is 0.0729 e. The molecule has 1 heterocycles. The lowest BCUT2D eigenvalue weighted by atomic mass is 10.1. The zero-order valence-electron chi connectivity index (χ0n) is 8.71. The maximum Gasteiger partial charge on any atom is 0.0729 e. The van der Waals surface area contributed by atoms with Crippen LogP contribution in [0.1, 0.15) is 5.56 Å². The summed E-state index contributed by atoms with van der Waals surface area (Å²) >= 11 is 0. The second kappa shape index (κ2) is 4.75. The molecule has 0 unspecified atom stereocenters. The van der Waals surface area contributed by atoms with Gasteiger partial charge in [0.05, 0.1) is 6.10 Å². The van der Waals surface area contributed by atoms with Gasteiger partial charge in [-0.2, -0.15) is 0 Å². The summed E-state index contributed by atoms with van der Waals surface area (Å²) in [6.45, 7) is 2.38. The quantitative estimate of drug-likeness (QED) is 0.757. The molecule has 1 saturated heterocycles. The number of likely N-dealkylation sites (tertiary alicyclic amines) is 1. The fourth-order valence-corrected chi connectivity index (χ4v) is 2.09. The van der Waals surface area contributed by atoms with Crippen molar-refractivity contribution in [2.24, 2.45) is 5.92 Å². The van der Waals surface area contributed by atoms with E-state index in [9.17, 15) is 5.11 Å². The lowest BCUT2D eigenvalue weighted by molar-refractivity contribution is 0.103. The number of aliphatic hydroxyl groups is 2.